The monoisotopic (exact) mass is 318 g/mol. The van der Waals surface area contributed by atoms with Gasteiger partial charge in [-0.3, -0.25) is 4.98 Å². The highest BCUT2D eigenvalue weighted by molar-refractivity contribution is 6.10. The lowest BCUT2D eigenvalue weighted by Crippen LogP contribution is -1.95. The summed E-state index contributed by atoms with van der Waals surface area (Å²) in [7, 11) is 3.30. The molecule has 120 valence electrons. The first-order valence-corrected chi connectivity index (χ1v) is 7.81. The fourth-order valence-corrected chi connectivity index (χ4v) is 3.28. The topological polar surface area (TPSA) is 47.1 Å². The maximum atomic E-state index is 5.49. The van der Waals surface area contributed by atoms with E-state index in [1.807, 2.05) is 31.3 Å². The molecule has 0 aliphatic carbocycles. The van der Waals surface area contributed by atoms with Crippen molar-refractivity contribution in [2.75, 3.05) is 14.2 Å². The molecule has 24 heavy (non-hydrogen) atoms. The SMILES string of the molecule is COc1cc(-c2nccc3c2[nH]c2ccccc23)cc(C)c1OC. The highest BCUT2D eigenvalue weighted by Gasteiger charge is 2.15. The van der Waals surface area contributed by atoms with Crippen LogP contribution in [0.1, 0.15) is 5.56 Å². The molecule has 0 bridgehead atoms. The number of methoxy groups -OCH3 is 2. The molecule has 4 nitrogen and oxygen atoms in total. The van der Waals surface area contributed by atoms with Crippen molar-refractivity contribution in [1.82, 2.24) is 9.97 Å². The molecule has 0 saturated carbocycles. The minimum Gasteiger partial charge on any atom is -0.493 e. The lowest BCUT2D eigenvalue weighted by atomic mass is 10.0. The molecule has 4 rings (SSSR count). The van der Waals surface area contributed by atoms with Crippen molar-refractivity contribution >= 4 is 21.8 Å². The maximum absolute atomic E-state index is 5.49. The molecular weight excluding hydrogens is 300 g/mol. The molecule has 0 atom stereocenters. The number of aromatic amines is 1. The highest BCUT2D eigenvalue weighted by Crippen LogP contribution is 2.38. The van der Waals surface area contributed by atoms with Crippen molar-refractivity contribution < 1.29 is 9.47 Å². The number of aryl methyl sites for hydroxylation is 1. The van der Waals surface area contributed by atoms with Crippen LogP contribution in [0, 0.1) is 6.92 Å². The van der Waals surface area contributed by atoms with Crippen LogP contribution in [0.2, 0.25) is 0 Å². The molecule has 0 saturated heterocycles. The fraction of sp³-hybridized carbons (Fsp3) is 0.150. The number of benzene rings is 2. The van der Waals surface area contributed by atoms with E-state index in [9.17, 15) is 0 Å². The smallest absolute Gasteiger partial charge is 0.163 e. The standard InChI is InChI=1S/C20H18N2O2/c1-12-10-13(11-17(23-2)20(12)24-3)18-19-15(8-9-21-18)14-6-4-5-7-16(14)22-19/h4-11,22H,1-3H3. The van der Waals surface area contributed by atoms with Crippen LogP contribution in [0.25, 0.3) is 33.1 Å². The summed E-state index contributed by atoms with van der Waals surface area (Å²) in [6.45, 7) is 2.01. The van der Waals surface area contributed by atoms with Crippen molar-refractivity contribution in [2.45, 2.75) is 6.92 Å². The van der Waals surface area contributed by atoms with Crippen molar-refractivity contribution in [3.8, 4) is 22.8 Å². The van der Waals surface area contributed by atoms with Crippen molar-refractivity contribution in [3.63, 3.8) is 0 Å². The maximum Gasteiger partial charge on any atom is 0.163 e. The summed E-state index contributed by atoms with van der Waals surface area (Å²) in [5, 5.41) is 2.37. The molecule has 0 fully saturated rings. The molecule has 1 N–H and O–H groups in total. The van der Waals surface area contributed by atoms with E-state index in [2.05, 4.69) is 34.2 Å². The Hall–Kier alpha value is -3.01. The van der Waals surface area contributed by atoms with Gasteiger partial charge in [-0.05, 0) is 36.8 Å². The van der Waals surface area contributed by atoms with Crippen LogP contribution in [-0.4, -0.2) is 24.2 Å². The second kappa shape index (κ2) is 5.57. The predicted octanol–water partition coefficient (Wildman–Crippen LogP) is 4.71. The van der Waals surface area contributed by atoms with Crippen molar-refractivity contribution in [2.24, 2.45) is 0 Å². The molecule has 2 heterocycles. The zero-order chi connectivity index (χ0) is 16.7. The van der Waals surface area contributed by atoms with Gasteiger partial charge in [0.25, 0.3) is 0 Å². The largest absolute Gasteiger partial charge is 0.493 e. The van der Waals surface area contributed by atoms with Crippen LogP contribution in [0.3, 0.4) is 0 Å². The Balaban J connectivity index is 2.02. The molecule has 0 amide bonds. The number of para-hydroxylation sites is 1. The molecule has 0 aliphatic rings. The summed E-state index contributed by atoms with van der Waals surface area (Å²) in [5.41, 5.74) is 5.07. The van der Waals surface area contributed by atoms with Crippen molar-refractivity contribution in [1.29, 1.82) is 0 Å². The van der Waals surface area contributed by atoms with E-state index >= 15 is 0 Å². The average Bonchev–Trinajstić information content (AvgIpc) is 2.99. The lowest BCUT2D eigenvalue weighted by molar-refractivity contribution is 0.353. The molecule has 0 spiro atoms. The van der Waals surface area contributed by atoms with Gasteiger partial charge < -0.3 is 14.5 Å². The van der Waals surface area contributed by atoms with Crippen LogP contribution in [0.5, 0.6) is 11.5 Å². The minimum atomic E-state index is 0.711. The number of ether oxygens (including phenoxy) is 2. The number of hydrogen-bond donors (Lipinski definition) is 1. The molecular formula is C20H18N2O2. The molecule has 2 aromatic carbocycles. The third-order valence-electron chi connectivity index (χ3n) is 4.37. The van der Waals surface area contributed by atoms with Gasteiger partial charge in [-0.2, -0.15) is 0 Å². The van der Waals surface area contributed by atoms with E-state index in [1.165, 1.54) is 10.8 Å². The van der Waals surface area contributed by atoms with E-state index in [4.69, 9.17) is 9.47 Å². The fourth-order valence-electron chi connectivity index (χ4n) is 3.28. The number of nitrogens with zero attached hydrogens (tertiary/aromatic N) is 1. The predicted molar refractivity (Wildman–Crippen MR) is 96.9 cm³/mol. The summed E-state index contributed by atoms with van der Waals surface area (Å²) in [6.07, 6.45) is 1.85. The molecule has 0 unspecified atom stereocenters. The van der Waals surface area contributed by atoms with Gasteiger partial charge in [-0.15, -0.1) is 0 Å². The van der Waals surface area contributed by atoms with Gasteiger partial charge in [0.05, 0.1) is 25.4 Å². The first kappa shape index (κ1) is 14.6. The molecule has 4 heteroatoms. The Bertz CT molecular complexity index is 1050. The summed E-state index contributed by atoms with van der Waals surface area (Å²) >= 11 is 0. The number of pyridine rings is 1. The second-order valence-electron chi connectivity index (χ2n) is 5.78. The van der Waals surface area contributed by atoms with E-state index < -0.39 is 0 Å². The summed E-state index contributed by atoms with van der Waals surface area (Å²) in [6, 6.07) is 14.4. The molecule has 0 radical (unpaired) electrons. The van der Waals surface area contributed by atoms with Gasteiger partial charge in [-0.1, -0.05) is 18.2 Å². The summed E-state index contributed by atoms with van der Waals surface area (Å²) in [4.78, 5) is 8.11. The van der Waals surface area contributed by atoms with Gasteiger partial charge in [0.2, 0.25) is 0 Å². The number of hydrogen-bond acceptors (Lipinski definition) is 3. The zero-order valence-corrected chi connectivity index (χ0v) is 13.9. The summed E-state index contributed by atoms with van der Waals surface area (Å²) in [5.74, 6) is 1.47. The number of nitrogens with one attached hydrogen (secondary N) is 1. The van der Waals surface area contributed by atoms with E-state index in [1.54, 1.807) is 14.2 Å². The third-order valence-corrected chi connectivity index (χ3v) is 4.37. The summed E-state index contributed by atoms with van der Waals surface area (Å²) < 4.78 is 10.9. The van der Waals surface area contributed by atoms with E-state index in [-0.39, 0.29) is 0 Å². The first-order valence-electron chi connectivity index (χ1n) is 7.81. The van der Waals surface area contributed by atoms with Crippen molar-refractivity contribution in [3.05, 3.63) is 54.2 Å². The van der Waals surface area contributed by atoms with Crippen LogP contribution >= 0.6 is 0 Å². The number of aromatic nitrogens is 2. The Labute approximate surface area is 140 Å². The normalized spacial score (nSPS) is 11.1. The van der Waals surface area contributed by atoms with Crippen LogP contribution < -0.4 is 9.47 Å². The van der Waals surface area contributed by atoms with Gasteiger partial charge in [0.15, 0.2) is 11.5 Å². The number of fused-ring (bicyclic) bond motifs is 3. The second-order valence-corrected chi connectivity index (χ2v) is 5.78. The first-order chi connectivity index (χ1) is 11.7. The van der Waals surface area contributed by atoms with Gasteiger partial charge in [0.1, 0.15) is 0 Å². The number of H-pyrrole nitrogens is 1. The van der Waals surface area contributed by atoms with E-state index in [0.29, 0.717) is 5.75 Å². The Morgan fingerprint density at radius 3 is 2.58 bits per heavy atom. The van der Waals surface area contributed by atoms with Gasteiger partial charge in [-0.25, -0.2) is 0 Å². The van der Waals surface area contributed by atoms with Crippen LogP contribution in [0.4, 0.5) is 0 Å². The average molecular weight is 318 g/mol. The molecule has 2 aromatic heterocycles. The highest BCUT2D eigenvalue weighted by atomic mass is 16.5. The molecule has 4 aromatic rings. The lowest BCUT2D eigenvalue weighted by Gasteiger charge is -2.13. The Morgan fingerprint density at radius 1 is 0.958 bits per heavy atom. The van der Waals surface area contributed by atoms with Crippen LogP contribution in [-0.2, 0) is 0 Å². The molecule has 0 aliphatic heterocycles. The van der Waals surface area contributed by atoms with Crippen LogP contribution in [0.15, 0.2) is 48.7 Å². The quantitative estimate of drug-likeness (QED) is 0.595. The number of rotatable bonds is 3. The van der Waals surface area contributed by atoms with Gasteiger partial charge in [0, 0.05) is 28.0 Å². The minimum absolute atomic E-state index is 0.711. The van der Waals surface area contributed by atoms with Gasteiger partial charge >= 0.3 is 0 Å². The Morgan fingerprint density at radius 2 is 1.79 bits per heavy atom. The third kappa shape index (κ3) is 2.11. The van der Waals surface area contributed by atoms with E-state index in [0.717, 1.165) is 33.6 Å². The zero-order valence-electron chi connectivity index (χ0n) is 13.9. The Kier molecular flexibility index (Phi) is 3.38.